The van der Waals surface area contributed by atoms with Gasteiger partial charge >= 0.3 is 0 Å². The summed E-state index contributed by atoms with van der Waals surface area (Å²) in [5.41, 5.74) is 0.422. The zero-order valence-electron chi connectivity index (χ0n) is 10.7. The molecule has 1 aliphatic rings. The lowest BCUT2D eigenvalue weighted by Gasteiger charge is -2.33. The van der Waals surface area contributed by atoms with E-state index in [0.717, 1.165) is 0 Å². The molecular formula is C13H16N2O3S. The molecule has 1 aromatic rings. The summed E-state index contributed by atoms with van der Waals surface area (Å²) in [6.45, 7) is 2.46. The van der Waals surface area contributed by atoms with Crippen LogP contribution in [0.1, 0.15) is 18.9 Å². The van der Waals surface area contributed by atoms with Crippen molar-refractivity contribution < 1.29 is 13.5 Å². The van der Waals surface area contributed by atoms with Gasteiger partial charge in [0, 0.05) is 13.1 Å². The maximum atomic E-state index is 12.4. The SMILES string of the molecule is CC1CCN(S(=O)(=O)c2ccc(C#N)cc2)CC1O. The van der Waals surface area contributed by atoms with Crippen LogP contribution in [0.25, 0.3) is 0 Å². The van der Waals surface area contributed by atoms with E-state index in [2.05, 4.69) is 0 Å². The molecule has 0 spiro atoms. The summed E-state index contributed by atoms with van der Waals surface area (Å²) in [5, 5.41) is 18.5. The fourth-order valence-electron chi connectivity index (χ4n) is 2.09. The number of hydrogen-bond donors (Lipinski definition) is 1. The molecular weight excluding hydrogens is 264 g/mol. The molecule has 19 heavy (non-hydrogen) atoms. The van der Waals surface area contributed by atoms with E-state index in [1.807, 2.05) is 13.0 Å². The minimum atomic E-state index is -3.58. The van der Waals surface area contributed by atoms with E-state index < -0.39 is 16.1 Å². The quantitative estimate of drug-likeness (QED) is 0.874. The molecule has 1 fully saturated rings. The Hall–Kier alpha value is -1.42. The third-order valence-electron chi connectivity index (χ3n) is 3.50. The molecule has 6 heteroatoms. The van der Waals surface area contributed by atoms with E-state index in [1.54, 1.807) is 0 Å². The van der Waals surface area contributed by atoms with Gasteiger partial charge < -0.3 is 5.11 Å². The molecule has 0 aliphatic carbocycles. The molecule has 1 heterocycles. The molecule has 1 N–H and O–H groups in total. The highest BCUT2D eigenvalue weighted by Crippen LogP contribution is 2.23. The summed E-state index contributed by atoms with van der Waals surface area (Å²) in [7, 11) is -3.58. The summed E-state index contributed by atoms with van der Waals surface area (Å²) >= 11 is 0. The number of nitriles is 1. The lowest BCUT2D eigenvalue weighted by atomic mass is 9.98. The summed E-state index contributed by atoms with van der Waals surface area (Å²) in [6, 6.07) is 7.77. The molecule has 1 aromatic carbocycles. The Morgan fingerprint density at radius 1 is 1.37 bits per heavy atom. The van der Waals surface area contributed by atoms with Gasteiger partial charge in [0.1, 0.15) is 0 Å². The standard InChI is InChI=1S/C13H16N2O3S/c1-10-6-7-15(9-13(10)16)19(17,18)12-4-2-11(8-14)3-5-12/h2-5,10,13,16H,6-7,9H2,1H3. The summed E-state index contributed by atoms with van der Waals surface area (Å²) in [6.07, 6.45) is 0.0262. The van der Waals surface area contributed by atoms with Crippen molar-refractivity contribution in [2.75, 3.05) is 13.1 Å². The van der Waals surface area contributed by atoms with Gasteiger partial charge in [-0.25, -0.2) is 8.42 Å². The van der Waals surface area contributed by atoms with Crippen molar-refractivity contribution in [2.24, 2.45) is 5.92 Å². The number of aliphatic hydroxyl groups is 1. The molecule has 0 amide bonds. The second kappa shape index (κ2) is 5.29. The third-order valence-corrected chi connectivity index (χ3v) is 5.38. The van der Waals surface area contributed by atoms with E-state index in [1.165, 1.54) is 28.6 Å². The van der Waals surface area contributed by atoms with E-state index in [4.69, 9.17) is 5.26 Å². The maximum absolute atomic E-state index is 12.4. The highest BCUT2D eigenvalue weighted by molar-refractivity contribution is 7.89. The minimum Gasteiger partial charge on any atom is -0.391 e. The molecule has 0 aromatic heterocycles. The molecule has 0 bridgehead atoms. The third kappa shape index (κ3) is 2.78. The van der Waals surface area contributed by atoms with Crippen molar-refractivity contribution in [3.8, 4) is 6.07 Å². The maximum Gasteiger partial charge on any atom is 0.243 e. The van der Waals surface area contributed by atoms with E-state index in [9.17, 15) is 13.5 Å². The van der Waals surface area contributed by atoms with Gasteiger partial charge in [-0.15, -0.1) is 0 Å². The molecule has 102 valence electrons. The second-order valence-electron chi connectivity index (χ2n) is 4.83. The van der Waals surface area contributed by atoms with Gasteiger partial charge in [-0.3, -0.25) is 0 Å². The van der Waals surface area contributed by atoms with Crippen LogP contribution < -0.4 is 0 Å². The molecule has 2 atom stereocenters. The number of hydrogen-bond acceptors (Lipinski definition) is 4. The molecule has 1 saturated heterocycles. The van der Waals surface area contributed by atoms with Crippen LogP contribution in [0.3, 0.4) is 0 Å². The highest BCUT2D eigenvalue weighted by atomic mass is 32.2. The first-order valence-corrected chi connectivity index (χ1v) is 7.57. The Balaban J connectivity index is 2.25. The molecule has 0 radical (unpaired) electrons. The molecule has 1 aliphatic heterocycles. The summed E-state index contributed by atoms with van der Waals surface area (Å²) < 4.78 is 26.0. The van der Waals surface area contributed by atoms with Gasteiger partial charge in [0.15, 0.2) is 0 Å². The molecule has 0 saturated carbocycles. The topological polar surface area (TPSA) is 81.4 Å². The van der Waals surface area contributed by atoms with Crippen LogP contribution in [0.2, 0.25) is 0 Å². The average molecular weight is 280 g/mol. The van der Waals surface area contributed by atoms with Gasteiger partial charge in [-0.2, -0.15) is 9.57 Å². The van der Waals surface area contributed by atoms with Crippen molar-refractivity contribution in [1.82, 2.24) is 4.31 Å². The van der Waals surface area contributed by atoms with Crippen LogP contribution in [0.4, 0.5) is 0 Å². The van der Waals surface area contributed by atoms with Crippen LogP contribution in [0.5, 0.6) is 0 Å². The number of β-amino-alcohol motifs (C(OH)–C–C–N with tert-alkyl or cyclic N) is 1. The zero-order chi connectivity index (χ0) is 14.0. The summed E-state index contributed by atoms with van der Waals surface area (Å²) in [4.78, 5) is 0.160. The Bertz CT molecular complexity index is 589. The fraction of sp³-hybridized carbons (Fsp3) is 0.462. The Morgan fingerprint density at radius 2 is 2.00 bits per heavy atom. The fourth-order valence-corrected chi connectivity index (χ4v) is 3.56. The smallest absolute Gasteiger partial charge is 0.243 e. The van der Waals surface area contributed by atoms with E-state index in [0.29, 0.717) is 18.5 Å². The lowest BCUT2D eigenvalue weighted by Crippen LogP contribution is -2.45. The molecule has 2 unspecified atom stereocenters. The van der Waals surface area contributed by atoms with Crippen LogP contribution in [0, 0.1) is 17.2 Å². The lowest BCUT2D eigenvalue weighted by molar-refractivity contribution is 0.0605. The van der Waals surface area contributed by atoms with E-state index in [-0.39, 0.29) is 17.4 Å². The highest BCUT2D eigenvalue weighted by Gasteiger charge is 2.32. The first-order valence-electron chi connectivity index (χ1n) is 6.13. The van der Waals surface area contributed by atoms with Gasteiger partial charge in [-0.1, -0.05) is 6.92 Å². The van der Waals surface area contributed by atoms with Crippen molar-refractivity contribution in [3.05, 3.63) is 29.8 Å². The van der Waals surface area contributed by atoms with Crippen molar-refractivity contribution in [1.29, 1.82) is 5.26 Å². The van der Waals surface area contributed by atoms with Crippen molar-refractivity contribution in [2.45, 2.75) is 24.3 Å². The van der Waals surface area contributed by atoms with Crippen molar-refractivity contribution in [3.63, 3.8) is 0 Å². The van der Waals surface area contributed by atoms with Crippen LogP contribution in [0.15, 0.2) is 29.2 Å². The minimum absolute atomic E-state index is 0.118. The molecule has 5 nitrogen and oxygen atoms in total. The number of aliphatic hydroxyl groups excluding tert-OH is 1. The number of benzene rings is 1. The Morgan fingerprint density at radius 3 is 2.53 bits per heavy atom. The van der Waals surface area contributed by atoms with Gasteiger partial charge in [0.25, 0.3) is 0 Å². The number of piperidine rings is 1. The Kier molecular flexibility index (Phi) is 3.90. The zero-order valence-corrected chi connectivity index (χ0v) is 11.5. The summed E-state index contributed by atoms with van der Waals surface area (Å²) in [5.74, 6) is 0.118. The number of sulfonamides is 1. The largest absolute Gasteiger partial charge is 0.391 e. The first-order chi connectivity index (χ1) is 8.95. The first kappa shape index (κ1) is 14.0. The predicted molar refractivity (Wildman–Crippen MR) is 69.7 cm³/mol. The van der Waals surface area contributed by atoms with E-state index >= 15 is 0 Å². The van der Waals surface area contributed by atoms with Crippen LogP contribution in [-0.2, 0) is 10.0 Å². The monoisotopic (exact) mass is 280 g/mol. The van der Waals surface area contributed by atoms with Crippen LogP contribution in [-0.4, -0.2) is 37.0 Å². The van der Waals surface area contributed by atoms with Gasteiger partial charge in [0.05, 0.1) is 22.6 Å². The molecule has 2 rings (SSSR count). The van der Waals surface area contributed by atoms with Crippen LogP contribution >= 0.6 is 0 Å². The number of nitrogens with zero attached hydrogens (tertiary/aromatic N) is 2. The Labute approximate surface area is 113 Å². The van der Waals surface area contributed by atoms with Gasteiger partial charge in [-0.05, 0) is 36.6 Å². The second-order valence-corrected chi connectivity index (χ2v) is 6.77. The predicted octanol–water partition coefficient (Wildman–Crippen LogP) is 0.950. The average Bonchev–Trinajstić information content (AvgIpc) is 2.41. The van der Waals surface area contributed by atoms with Crippen molar-refractivity contribution >= 4 is 10.0 Å². The number of rotatable bonds is 2. The normalized spacial score (nSPS) is 24.9. The van der Waals surface area contributed by atoms with Gasteiger partial charge in [0.2, 0.25) is 10.0 Å².